The summed E-state index contributed by atoms with van der Waals surface area (Å²) in [7, 11) is 3.97. The first-order chi connectivity index (χ1) is 13.0. The van der Waals surface area contributed by atoms with Gasteiger partial charge in [0.1, 0.15) is 23.1 Å². The third kappa shape index (κ3) is 5.29. The summed E-state index contributed by atoms with van der Waals surface area (Å²) in [6.45, 7) is 1.41. The van der Waals surface area contributed by atoms with Crippen molar-refractivity contribution in [1.82, 2.24) is 14.9 Å². The fourth-order valence-electron chi connectivity index (χ4n) is 2.39. The van der Waals surface area contributed by atoms with Gasteiger partial charge in [-0.2, -0.15) is 0 Å². The molecule has 3 rings (SSSR count). The molecule has 0 atom stereocenters. The zero-order valence-electron chi connectivity index (χ0n) is 15.2. The van der Waals surface area contributed by atoms with Gasteiger partial charge in [0.2, 0.25) is 0 Å². The first kappa shape index (κ1) is 18.9. The predicted octanol–water partition coefficient (Wildman–Crippen LogP) is 0.723. The summed E-state index contributed by atoms with van der Waals surface area (Å²) in [5, 5.41) is 2.32. The van der Waals surface area contributed by atoms with Crippen molar-refractivity contribution in [2.24, 2.45) is 0 Å². The Hall–Kier alpha value is -2.90. The highest BCUT2D eigenvalue weighted by atomic mass is 32.1. The number of hydrogen-bond acceptors (Lipinski definition) is 5. The third-order valence-corrected chi connectivity index (χ3v) is 4.64. The minimum absolute atomic E-state index is 0.215. The standard InChI is InChI=1S/C20H21N3O3S/c1-23(2)8-9-26-15-11-16(27-13-15)12-18-20(25)21-17(19(24)22-18)10-14-6-4-3-5-7-14/h3-7,10-13H,8-9H2,1-2H3,(H,21,25)(H,22,24). The van der Waals surface area contributed by atoms with Crippen LogP contribution in [0.4, 0.5) is 0 Å². The Morgan fingerprint density at radius 2 is 1.70 bits per heavy atom. The topological polar surface area (TPSA) is 78.2 Å². The van der Waals surface area contributed by atoms with Crippen LogP contribution >= 0.6 is 11.3 Å². The number of rotatable bonds is 6. The molecule has 0 aliphatic heterocycles. The van der Waals surface area contributed by atoms with Crippen molar-refractivity contribution in [3.63, 3.8) is 0 Å². The monoisotopic (exact) mass is 383 g/mol. The molecule has 2 N–H and O–H groups in total. The van der Waals surface area contributed by atoms with Crippen molar-refractivity contribution in [2.75, 3.05) is 27.2 Å². The van der Waals surface area contributed by atoms with Crippen molar-refractivity contribution in [3.8, 4) is 5.75 Å². The molecule has 6 nitrogen and oxygen atoms in total. The van der Waals surface area contributed by atoms with Crippen molar-refractivity contribution in [2.45, 2.75) is 0 Å². The molecule has 7 heteroatoms. The van der Waals surface area contributed by atoms with Crippen LogP contribution in [0.2, 0.25) is 0 Å². The van der Waals surface area contributed by atoms with Gasteiger partial charge < -0.3 is 19.6 Å². The molecular formula is C20H21N3O3S. The minimum atomic E-state index is -0.347. The van der Waals surface area contributed by atoms with Crippen molar-refractivity contribution < 1.29 is 4.74 Å². The summed E-state index contributed by atoms with van der Waals surface area (Å²) < 4.78 is 5.66. The average molecular weight is 383 g/mol. The normalized spacial score (nSPS) is 12.7. The number of thiophene rings is 1. The largest absolute Gasteiger partial charge is 0.491 e. The SMILES string of the molecule is CN(C)CCOc1csc(C=c2[nH]c(=O)c(=Cc3ccccc3)[nH]c2=O)c1. The van der Waals surface area contributed by atoms with Crippen LogP contribution in [0.5, 0.6) is 5.75 Å². The predicted molar refractivity (Wildman–Crippen MR) is 109 cm³/mol. The molecule has 0 unspecified atom stereocenters. The van der Waals surface area contributed by atoms with E-state index in [4.69, 9.17) is 4.74 Å². The maximum atomic E-state index is 12.3. The Morgan fingerprint density at radius 3 is 2.37 bits per heavy atom. The molecule has 2 heterocycles. The Kier molecular flexibility index (Phi) is 6.05. The molecule has 140 valence electrons. The summed E-state index contributed by atoms with van der Waals surface area (Å²) >= 11 is 1.45. The maximum Gasteiger partial charge on any atom is 0.272 e. The van der Waals surface area contributed by atoms with E-state index in [9.17, 15) is 9.59 Å². The highest BCUT2D eigenvalue weighted by Gasteiger charge is 2.01. The molecule has 0 saturated carbocycles. The molecule has 27 heavy (non-hydrogen) atoms. The number of aromatic amines is 2. The third-order valence-electron chi connectivity index (χ3n) is 3.79. The average Bonchev–Trinajstić information content (AvgIpc) is 3.07. The fourth-order valence-corrected chi connectivity index (χ4v) is 3.14. The number of ether oxygens (including phenoxy) is 1. The van der Waals surface area contributed by atoms with Crippen LogP contribution in [0.1, 0.15) is 10.4 Å². The van der Waals surface area contributed by atoms with E-state index in [0.29, 0.717) is 6.61 Å². The first-order valence-electron chi connectivity index (χ1n) is 8.48. The van der Waals surface area contributed by atoms with Gasteiger partial charge in [-0.1, -0.05) is 30.3 Å². The summed E-state index contributed by atoms with van der Waals surface area (Å²) in [5.41, 5.74) is 0.150. The van der Waals surface area contributed by atoms with E-state index in [1.807, 2.05) is 60.8 Å². The molecular weight excluding hydrogens is 362 g/mol. The Bertz CT molecular complexity index is 1130. The highest BCUT2D eigenvalue weighted by Crippen LogP contribution is 2.21. The maximum absolute atomic E-state index is 12.3. The molecule has 0 spiro atoms. The number of aromatic nitrogens is 2. The van der Waals surface area contributed by atoms with Crippen LogP contribution in [0.25, 0.3) is 12.2 Å². The number of hydrogen-bond donors (Lipinski definition) is 2. The van der Waals surface area contributed by atoms with Crippen molar-refractivity contribution >= 4 is 23.5 Å². The van der Waals surface area contributed by atoms with E-state index in [0.717, 1.165) is 22.7 Å². The van der Waals surface area contributed by atoms with Crippen LogP contribution in [-0.2, 0) is 0 Å². The van der Waals surface area contributed by atoms with E-state index >= 15 is 0 Å². The van der Waals surface area contributed by atoms with Gasteiger partial charge in [-0.15, -0.1) is 11.3 Å². The molecule has 0 saturated heterocycles. The van der Waals surface area contributed by atoms with Crippen molar-refractivity contribution in [3.05, 3.63) is 83.6 Å². The van der Waals surface area contributed by atoms with Crippen LogP contribution in [0.15, 0.2) is 51.4 Å². The molecule has 0 amide bonds. The van der Waals surface area contributed by atoms with Gasteiger partial charge >= 0.3 is 0 Å². The first-order valence-corrected chi connectivity index (χ1v) is 9.36. The van der Waals surface area contributed by atoms with Crippen LogP contribution in [-0.4, -0.2) is 42.1 Å². The molecule has 2 aromatic heterocycles. The van der Waals surface area contributed by atoms with Gasteiger partial charge in [0, 0.05) is 16.8 Å². The molecule has 1 aromatic carbocycles. The summed E-state index contributed by atoms with van der Waals surface area (Å²) in [4.78, 5) is 32.8. The van der Waals surface area contributed by atoms with Gasteiger partial charge in [0.05, 0.1) is 0 Å². The number of H-pyrrole nitrogens is 2. The Morgan fingerprint density at radius 1 is 1.04 bits per heavy atom. The lowest BCUT2D eigenvalue weighted by atomic mass is 10.2. The molecule has 0 aliphatic rings. The second-order valence-corrected chi connectivity index (χ2v) is 7.21. The van der Waals surface area contributed by atoms with E-state index in [1.54, 1.807) is 12.2 Å². The number of nitrogens with zero attached hydrogens (tertiary/aromatic N) is 1. The van der Waals surface area contributed by atoms with Gasteiger partial charge in [-0.05, 0) is 37.9 Å². The highest BCUT2D eigenvalue weighted by molar-refractivity contribution is 7.11. The Labute approximate surface area is 160 Å². The van der Waals surface area contributed by atoms with E-state index < -0.39 is 0 Å². The number of likely N-dealkylation sites (N-methyl/N-ethyl adjacent to an activating group) is 1. The molecule has 0 fully saturated rings. The molecule has 0 bridgehead atoms. The number of nitrogens with one attached hydrogen (secondary N) is 2. The van der Waals surface area contributed by atoms with E-state index in [-0.39, 0.29) is 21.8 Å². The second kappa shape index (κ2) is 8.66. The molecule has 0 aliphatic carbocycles. The fraction of sp³-hybridized carbons (Fsp3) is 0.200. The second-order valence-electron chi connectivity index (χ2n) is 6.27. The summed E-state index contributed by atoms with van der Waals surface area (Å²) in [5.74, 6) is 0.751. The smallest absolute Gasteiger partial charge is 0.272 e. The quantitative estimate of drug-likeness (QED) is 0.658. The lowest BCUT2D eigenvalue weighted by Gasteiger charge is -2.09. The van der Waals surface area contributed by atoms with Gasteiger partial charge in [0.25, 0.3) is 11.1 Å². The van der Waals surface area contributed by atoms with E-state index in [1.165, 1.54) is 11.3 Å². The minimum Gasteiger partial charge on any atom is -0.491 e. The number of benzene rings is 1. The molecule has 3 aromatic rings. The molecule has 0 radical (unpaired) electrons. The lowest BCUT2D eigenvalue weighted by molar-refractivity contribution is 0.262. The van der Waals surface area contributed by atoms with Crippen LogP contribution in [0, 0.1) is 0 Å². The van der Waals surface area contributed by atoms with Crippen molar-refractivity contribution in [1.29, 1.82) is 0 Å². The van der Waals surface area contributed by atoms with E-state index in [2.05, 4.69) is 9.97 Å². The zero-order chi connectivity index (χ0) is 19.2. The summed E-state index contributed by atoms with van der Waals surface area (Å²) in [6, 6.07) is 11.2. The summed E-state index contributed by atoms with van der Waals surface area (Å²) in [6.07, 6.45) is 3.29. The Balaban J connectivity index is 1.87. The van der Waals surface area contributed by atoms with Gasteiger partial charge in [0.15, 0.2) is 0 Å². The van der Waals surface area contributed by atoms with Crippen LogP contribution < -0.4 is 26.6 Å². The lowest BCUT2D eigenvalue weighted by Crippen LogP contribution is -2.46. The van der Waals surface area contributed by atoms with Gasteiger partial charge in [-0.25, -0.2) is 0 Å². The zero-order valence-corrected chi connectivity index (χ0v) is 16.0. The van der Waals surface area contributed by atoms with Gasteiger partial charge in [-0.3, -0.25) is 9.59 Å². The van der Waals surface area contributed by atoms with Crippen LogP contribution in [0.3, 0.4) is 0 Å².